The number of nitrogens with one attached hydrogen (secondary N) is 2. The first-order valence-corrected chi connectivity index (χ1v) is 6.92. The fourth-order valence-corrected chi connectivity index (χ4v) is 1.90. The van der Waals surface area contributed by atoms with Gasteiger partial charge in [0.05, 0.1) is 6.04 Å². The lowest BCUT2D eigenvalue weighted by Crippen LogP contribution is -2.45. The molecule has 1 aromatic carbocycles. The highest BCUT2D eigenvalue weighted by Crippen LogP contribution is 2.17. The molecule has 1 amide bonds. The lowest BCUT2D eigenvalue weighted by Gasteiger charge is -2.17. The molecule has 2 N–H and O–H groups in total. The maximum Gasteiger partial charge on any atom is 0.405 e. The van der Waals surface area contributed by atoms with Gasteiger partial charge in [-0.25, -0.2) is 0 Å². The summed E-state index contributed by atoms with van der Waals surface area (Å²) in [5.74, 6) is -0.316. The van der Waals surface area contributed by atoms with Crippen LogP contribution in [-0.4, -0.2) is 31.2 Å². The van der Waals surface area contributed by atoms with Gasteiger partial charge >= 0.3 is 6.18 Å². The van der Waals surface area contributed by atoms with Crippen molar-refractivity contribution in [3.8, 4) is 0 Å². The molecule has 1 aromatic rings. The van der Waals surface area contributed by atoms with Crippen molar-refractivity contribution < 1.29 is 18.0 Å². The summed E-state index contributed by atoms with van der Waals surface area (Å²) in [6, 6.07) is 9.30. The second-order valence-corrected chi connectivity index (χ2v) is 5.11. The molecule has 2 unspecified atom stereocenters. The zero-order chi connectivity index (χ0) is 15.9. The highest BCUT2D eigenvalue weighted by molar-refractivity contribution is 5.81. The second-order valence-electron chi connectivity index (χ2n) is 5.11. The van der Waals surface area contributed by atoms with E-state index < -0.39 is 24.7 Å². The van der Waals surface area contributed by atoms with Crippen LogP contribution in [0, 0.1) is 0 Å². The number of alkyl halides is 3. The van der Waals surface area contributed by atoms with Gasteiger partial charge < -0.3 is 10.6 Å². The SMILES string of the molecule is CC(NCCC(C)c1ccccc1)C(=O)NCC(F)(F)F. The quantitative estimate of drug-likeness (QED) is 0.813. The first kappa shape index (κ1) is 17.5. The van der Waals surface area contributed by atoms with Crippen molar-refractivity contribution in [2.45, 2.75) is 38.4 Å². The van der Waals surface area contributed by atoms with Gasteiger partial charge in [-0.1, -0.05) is 37.3 Å². The summed E-state index contributed by atoms with van der Waals surface area (Å²) in [4.78, 5) is 11.5. The first-order valence-electron chi connectivity index (χ1n) is 6.92. The van der Waals surface area contributed by atoms with E-state index in [0.717, 1.165) is 6.42 Å². The average Bonchev–Trinajstić information content (AvgIpc) is 2.44. The summed E-state index contributed by atoms with van der Waals surface area (Å²) in [6.45, 7) is 2.90. The van der Waals surface area contributed by atoms with Gasteiger partial charge in [0, 0.05) is 0 Å². The Labute approximate surface area is 122 Å². The molecule has 3 nitrogen and oxygen atoms in total. The summed E-state index contributed by atoms with van der Waals surface area (Å²) in [6.07, 6.45) is -3.57. The van der Waals surface area contributed by atoms with Gasteiger partial charge in [0.1, 0.15) is 6.54 Å². The molecule has 0 bridgehead atoms. The molecule has 0 aliphatic carbocycles. The number of carbonyl (C=O) groups is 1. The molecule has 0 saturated heterocycles. The Morgan fingerprint density at radius 3 is 2.38 bits per heavy atom. The Bertz CT molecular complexity index is 434. The van der Waals surface area contributed by atoms with E-state index >= 15 is 0 Å². The van der Waals surface area contributed by atoms with E-state index in [1.165, 1.54) is 5.56 Å². The molecule has 0 radical (unpaired) electrons. The van der Waals surface area contributed by atoms with Crippen LogP contribution >= 0.6 is 0 Å². The van der Waals surface area contributed by atoms with Crippen molar-refractivity contribution in [3.05, 3.63) is 35.9 Å². The molecular formula is C15H21F3N2O. The highest BCUT2D eigenvalue weighted by atomic mass is 19.4. The van der Waals surface area contributed by atoms with Crippen LogP contribution in [0.2, 0.25) is 0 Å². The van der Waals surface area contributed by atoms with Crippen molar-refractivity contribution in [2.24, 2.45) is 0 Å². The largest absolute Gasteiger partial charge is 0.405 e. The van der Waals surface area contributed by atoms with Gasteiger partial charge in [0.15, 0.2) is 0 Å². The van der Waals surface area contributed by atoms with E-state index in [9.17, 15) is 18.0 Å². The minimum atomic E-state index is -4.38. The molecule has 0 aliphatic rings. The van der Waals surface area contributed by atoms with E-state index in [0.29, 0.717) is 12.5 Å². The molecule has 0 aromatic heterocycles. The van der Waals surface area contributed by atoms with Crippen LogP contribution in [0.15, 0.2) is 30.3 Å². The van der Waals surface area contributed by atoms with Crippen LogP contribution in [0.3, 0.4) is 0 Å². The van der Waals surface area contributed by atoms with Gasteiger partial charge in [-0.3, -0.25) is 4.79 Å². The third kappa shape index (κ3) is 7.13. The summed E-state index contributed by atoms with van der Waals surface area (Å²) < 4.78 is 36.0. The second kappa shape index (κ2) is 8.02. The lowest BCUT2D eigenvalue weighted by atomic mass is 9.98. The number of rotatable bonds is 7. The molecule has 2 atom stereocenters. The van der Waals surface area contributed by atoms with Crippen LogP contribution < -0.4 is 10.6 Å². The van der Waals surface area contributed by atoms with Crippen LogP contribution in [0.5, 0.6) is 0 Å². The molecular weight excluding hydrogens is 281 g/mol. The average molecular weight is 302 g/mol. The predicted molar refractivity (Wildman–Crippen MR) is 76.0 cm³/mol. The third-order valence-corrected chi connectivity index (χ3v) is 3.25. The van der Waals surface area contributed by atoms with Crippen LogP contribution in [0.1, 0.15) is 31.7 Å². The van der Waals surface area contributed by atoms with Gasteiger partial charge in [0.25, 0.3) is 0 Å². The van der Waals surface area contributed by atoms with Crippen LogP contribution in [0.25, 0.3) is 0 Å². The van der Waals surface area contributed by atoms with Crippen molar-refractivity contribution >= 4 is 5.91 Å². The maximum absolute atomic E-state index is 12.0. The fraction of sp³-hybridized carbons (Fsp3) is 0.533. The number of halogens is 3. The zero-order valence-electron chi connectivity index (χ0n) is 12.2. The first-order chi connectivity index (χ1) is 9.79. The molecule has 1 rings (SSSR count). The summed E-state index contributed by atoms with van der Waals surface area (Å²) in [7, 11) is 0. The third-order valence-electron chi connectivity index (χ3n) is 3.25. The lowest BCUT2D eigenvalue weighted by molar-refractivity contribution is -0.139. The van der Waals surface area contributed by atoms with E-state index in [4.69, 9.17) is 0 Å². The van der Waals surface area contributed by atoms with E-state index in [1.807, 2.05) is 35.6 Å². The monoisotopic (exact) mass is 302 g/mol. The Balaban J connectivity index is 2.27. The topological polar surface area (TPSA) is 41.1 Å². The molecule has 0 saturated carbocycles. The fourth-order valence-electron chi connectivity index (χ4n) is 1.90. The Hall–Kier alpha value is -1.56. The summed E-state index contributed by atoms with van der Waals surface area (Å²) in [5, 5.41) is 4.81. The molecule has 0 spiro atoms. The van der Waals surface area contributed by atoms with Crippen molar-refractivity contribution in [3.63, 3.8) is 0 Å². The molecule has 0 fully saturated rings. The minimum Gasteiger partial charge on any atom is -0.346 e. The highest BCUT2D eigenvalue weighted by Gasteiger charge is 2.28. The zero-order valence-corrected chi connectivity index (χ0v) is 12.2. The minimum absolute atomic E-state index is 0.323. The van der Waals surface area contributed by atoms with Crippen molar-refractivity contribution in [1.82, 2.24) is 10.6 Å². The van der Waals surface area contributed by atoms with Crippen LogP contribution in [0.4, 0.5) is 13.2 Å². The normalized spacial score (nSPS) is 14.5. The van der Waals surface area contributed by atoms with Crippen LogP contribution in [-0.2, 0) is 4.79 Å². The summed E-state index contributed by atoms with van der Waals surface area (Å²) >= 11 is 0. The number of benzene rings is 1. The van der Waals surface area contributed by atoms with Gasteiger partial charge in [0.2, 0.25) is 5.91 Å². The molecule has 21 heavy (non-hydrogen) atoms. The van der Waals surface area contributed by atoms with Gasteiger partial charge in [-0.05, 0) is 31.4 Å². The number of amides is 1. The Morgan fingerprint density at radius 1 is 1.19 bits per heavy atom. The summed E-state index contributed by atoms with van der Waals surface area (Å²) in [5.41, 5.74) is 1.20. The van der Waals surface area contributed by atoms with Gasteiger partial charge in [-0.2, -0.15) is 13.2 Å². The van der Waals surface area contributed by atoms with E-state index in [2.05, 4.69) is 12.2 Å². The van der Waals surface area contributed by atoms with Gasteiger partial charge in [-0.15, -0.1) is 0 Å². The maximum atomic E-state index is 12.0. The van der Waals surface area contributed by atoms with E-state index in [1.54, 1.807) is 6.92 Å². The number of hydrogen-bond donors (Lipinski definition) is 2. The molecule has 118 valence electrons. The molecule has 0 aliphatic heterocycles. The number of hydrogen-bond acceptors (Lipinski definition) is 2. The standard InChI is InChI=1S/C15H21F3N2O/c1-11(13-6-4-3-5-7-13)8-9-19-12(2)14(21)20-10-15(16,17)18/h3-7,11-12,19H,8-10H2,1-2H3,(H,20,21). The smallest absolute Gasteiger partial charge is 0.346 e. The predicted octanol–water partition coefficient (Wildman–Crippen LogP) is 2.84. The van der Waals surface area contributed by atoms with Crippen molar-refractivity contribution in [1.29, 1.82) is 0 Å². The molecule has 6 heteroatoms. The van der Waals surface area contributed by atoms with E-state index in [-0.39, 0.29) is 0 Å². The Kier molecular flexibility index (Phi) is 6.68. The Morgan fingerprint density at radius 2 is 1.81 bits per heavy atom. The number of carbonyl (C=O) groups excluding carboxylic acids is 1. The van der Waals surface area contributed by atoms with Crippen molar-refractivity contribution in [2.75, 3.05) is 13.1 Å². The molecule has 0 heterocycles.